The molecule has 0 spiro atoms. The Balaban J connectivity index is 2.25. The normalized spacial score (nSPS) is 12.0. The first-order valence-electron chi connectivity index (χ1n) is 9.11. The fourth-order valence-electron chi connectivity index (χ4n) is 3.46. The van der Waals surface area contributed by atoms with Gasteiger partial charge in [-0.25, -0.2) is 4.21 Å². The average Bonchev–Trinajstić information content (AvgIpc) is 2.93. The molecule has 1 unspecified atom stereocenters. The lowest BCUT2D eigenvalue weighted by molar-refractivity contribution is 0.0981. The Hall–Kier alpha value is -2.70. The Bertz CT molecular complexity index is 1040. The van der Waals surface area contributed by atoms with Gasteiger partial charge in [-0.2, -0.15) is 0 Å². The van der Waals surface area contributed by atoms with Crippen LogP contribution in [0.25, 0.3) is 22.3 Å². The second kappa shape index (κ2) is 8.12. The van der Waals surface area contributed by atoms with Gasteiger partial charge >= 0.3 is 0 Å². The first-order chi connectivity index (χ1) is 13.3. The lowest BCUT2D eigenvalue weighted by Gasteiger charge is -2.10. The van der Waals surface area contributed by atoms with E-state index in [9.17, 15) is 9.00 Å². The molecule has 0 fully saturated rings. The molecule has 0 aliphatic heterocycles. The Morgan fingerprint density at radius 2 is 1.54 bits per heavy atom. The van der Waals surface area contributed by atoms with Gasteiger partial charge in [0.05, 0.1) is 5.69 Å². The molecule has 0 saturated heterocycles. The molecule has 28 heavy (non-hydrogen) atoms. The van der Waals surface area contributed by atoms with Crippen molar-refractivity contribution in [3.8, 4) is 22.3 Å². The molecule has 1 atom stereocenters. The highest BCUT2D eigenvalue weighted by Crippen LogP contribution is 2.40. The van der Waals surface area contributed by atoms with E-state index in [1.807, 2.05) is 44.5 Å². The van der Waals surface area contributed by atoms with Gasteiger partial charge in [-0.3, -0.25) is 14.1 Å². The molecule has 146 valence electrons. The van der Waals surface area contributed by atoms with Crippen molar-refractivity contribution in [3.05, 3.63) is 65.5 Å². The predicted octanol–water partition coefficient (Wildman–Crippen LogP) is 5.12. The number of Topliss-reactive ketones (excluding diaryl/α,β-unsaturated/α-hetero) is 1. The van der Waals surface area contributed by atoms with Crippen molar-refractivity contribution in [2.45, 2.75) is 27.2 Å². The Labute approximate surface area is 167 Å². The Morgan fingerprint density at radius 1 is 1.00 bits per heavy atom. The first kappa shape index (κ1) is 20.0. The van der Waals surface area contributed by atoms with Gasteiger partial charge in [0.15, 0.2) is 5.78 Å². The van der Waals surface area contributed by atoms with Gasteiger partial charge in [0.2, 0.25) is 0 Å². The second-order valence-electron chi connectivity index (χ2n) is 6.81. The van der Waals surface area contributed by atoms with Crippen LogP contribution in [0.3, 0.4) is 0 Å². The topological polar surface area (TPSA) is 71.3 Å². The highest BCUT2D eigenvalue weighted by atomic mass is 32.2. The van der Waals surface area contributed by atoms with Gasteiger partial charge in [-0.15, -0.1) is 0 Å². The molecule has 2 aromatic carbocycles. The summed E-state index contributed by atoms with van der Waals surface area (Å²) in [4.78, 5) is 12.8. The van der Waals surface area contributed by atoms with Crippen LogP contribution in [-0.2, 0) is 18.3 Å². The number of carbonyl (C=O) groups is 1. The minimum Gasteiger partial charge on any atom is -0.344 e. The van der Waals surface area contributed by atoms with Crippen LogP contribution < -0.4 is 4.72 Å². The molecule has 3 rings (SSSR count). The Morgan fingerprint density at radius 3 is 2.07 bits per heavy atom. The summed E-state index contributed by atoms with van der Waals surface area (Å²) in [5.74, 6) is 0.0811. The summed E-state index contributed by atoms with van der Waals surface area (Å²) >= 11 is -2.12. The summed E-state index contributed by atoms with van der Waals surface area (Å²) in [7, 11) is 1.92. The monoisotopic (exact) mass is 396 g/mol. The van der Waals surface area contributed by atoms with E-state index >= 15 is 0 Å². The van der Waals surface area contributed by atoms with Crippen molar-refractivity contribution in [1.29, 1.82) is 0 Å². The lowest BCUT2D eigenvalue weighted by atomic mass is 9.93. The molecule has 0 bridgehead atoms. The van der Waals surface area contributed by atoms with Crippen LogP contribution in [-0.4, -0.2) is 19.1 Å². The summed E-state index contributed by atoms with van der Waals surface area (Å²) in [6, 6.07) is 15.5. The zero-order chi connectivity index (χ0) is 20.4. The summed E-state index contributed by atoms with van der Waals surface area (Å²) in [6.45, 7) is 5.94. The highest BCUT2D eigenvalue weighted by Gasteiger charge is 2.24. The van der Waals surface area contributed by atoms with Gasteiger partial charge < -0.3 is 4.57 Å². The third kappa shape index (κ3) is 3.79. The number of rotatable bonds is 6. The molecule has 0 saturated carbocycles. The van der Waals surface area contributed by atoms with Crippen molar-refractivity contribution < 1.29 is 13.6 Å². The fraction of sp³-hybridized carbons (Fsp3) is 0.227. The number of nitrogens with zero attached hydrogens (tertiary/aromatic N) is 1. The van der Waals surface area contributed by atoms with Crippen LogP contribution >= 0.6 is 0 Å². The Kier molecular flexibility index (Phi) is 5.82. The minimum atomic E-state index is -2.12. The van der Waals surface area contributed by atoms with Crippen LogP contribution in [0.4, 0.5) is 5.69 Å². The van der Waals surface area contributed by atoms with E-state index in [4.69, 9.17) is 4.55 Å². The molecule has 0 aliphatic rings. The standard InChI is InChI=1S/C22H24N2O3S/c1-5-19(25)22-21(17-10-12-18(13-11-17)23-28(26)27)20(15(3)24(22)4)16-8-6-14(2)7-9-16/h6-13,23H,5H2,1-4H3,(H,26,27). The smallest absolute Gasteiger partial charge is 0.259 e. The maximum atomic E-state index is 12.8. The molecule has 3 aromatic rings. The molecular formula is C22H24N2O3S. The van der Waals surface area contributed by atoms with Crippen LogP contribution in [0.2, 0.25) is 0 Å². The summed E-state index contributed by atoms with van der Waals surface area (Å²) in [6.07, 6.45) is 0.417. The number of aryl methyl sites for hydroxylation is 1. The highest BCUT2D eigenvalue weighted by molar-refractivity contribution is 7.80. The van der Waals surface area contributed by atoms with Crippen LogP contribution in [0, 0.1) is 13.8 Å². The zero-order valence-corrected chi connectivity index (χ0v) is 17.3. The maximum Gasteiger partial charge on any atom is 0.259 e. The van der Waals surface area contributed by atoms with E-state index in [0.717, 1.165) is 27.9 Å². The van der Waals surface area contributed by atoms with E-state index in [-0.39, 0.29) is 5.78 Å². The largest absolute Gasteiger partial charge is 0.344 e. The van der Waals surface area contributed by atoms with E-state index in [0.29, 0.717) is 17.8 Å². The van der Waals surface area contributed by atoms with Gasteiger partial charge in [0.1, 0.15) is 0 Å². The maximum absolute atomic E-state index is 12.8. The van der Waals surface area contributed by atoms with Gasteiger partial charge in [-0.1, -0.05) is 48.9 Å². The van der Waals surface area contributed by atoms with E-state index in [1.54, 1.807) is 12.1 Å². The lowest BCUT2D eigenvalue weighted by Crippen LogP contribution is -2.07. The van der Waals surface area contributed by atoms with Crippen molar-refractivity contribution in [3.63, 3.8) is 0 Å². The molecular weight excluding hydrogens is 372 g/mol. The third-order valence-electron chi connectivity index (χ3n) is 4.99. The average molecular weight is 397 g/mol. The molecule has 0 amide bonds. The van der Waals surface area contributed by atoms with Crippen LogP contribution in [0.15, 0.2) is 48.5 Å². The molecule has 2 N–H and O–H groups in total. The summed E-state index contributed by atoms with van der Waals surface area (Å²) in [5.41, 5.74) is 7.30. The molecule has 5 nitrogen and oxygen atoms in total. The van der Waals surface area contributed by atoms with Gasteiger partial charge in [0, 0.05) is 36.0 Å². The van der Waals surface area contributed by atoms with Crippen molar-refractivity contribution in [2.75, 3.05) is 4.72 Å². The number of nitrogens with one attached hydrogen (secondary N) is 1. The number of anilines is 1. The van der Waals surface area contributed by atoms with Crippen LogP contribution in [0.5, 0.6) is 0 Å². The molecule has 0 radical (unpaired) electrons. The molecule has 1 aromatic heterocycles. The number of benzene rings is 2. The fourth-order valence-corrected chi connectivity index (χ4v) is 3.79. The number of carbonyl (C=O) groups excluding carboxylic acids is 1. The first-order valence-corrected chi connectivity index (χ1v) is 10.2. The number of hydrogen-bond acceptors (Lipinski definition) is 2. The second-order valence-corrected chi connectivity index (χ2v) is 7.52. The zero-order valence-electron chi connectivity index (χ0n) is 16.4. The van der Waals surface area contributed by atoms with Crippen LogP contribution in [0.1, 0.15) is 35.1 Å². The van der Waals surface area contributed by atoms with E-state index < -0.39 is 11.3 Å². The number of aromatic nitrogens is 1. The number of ketones is 1. The summed E-state index contributed by atoms with van der Waals surface area (Å²) < 4.78 is 24.4. The minimum absolute atomic E-state index is 0.0811. The number of hydrogen-bond donors (Lipinski definition) is 2. The van der Waals surface area contributed by atoms with E-state index in [1.165, 1.54) is 5.56 Å². The SMILES string of the molecule is CCC(=O)c1c(-c2ccc(NS(=O)O)cc2)c(-c2ccc(C)cc2)c(C)n1C. The quantitative estimate of drug-likeness (QED) is 0.449. The third-order valence-corrected chi connectivity index (χ3v) is 5.40. The van der Waals surface area contributed by atoms with Gasteiger partial charge in [0.25, 0.3) is 11.3 Å². The molecule has 0 aliphatic carbocycles. The summed E-state index contributed by atoms with van der Waals surface area (Å²) in [5, 5.41) is 0. The van der Waals surface area contributed by atoms with E-state index in [2.05, 4.69) is 29.0 Å². The van der Waals surface area contributed by atoms with Crippen molar-refractivity contribution in [2.24, 2.45) is 7.05 Å². The van der Waals surface area contributed by atoms with Crippen molar-refractivity contribution >= 4 is 22.7 Å². The predicted molar refractivity (Wildman–Crippen MR) is 115 cm³/mol. The van der Waals surface area contributed by atoms with Gasteiger partial charge in [-0.05, 0) is 37.1 Å². The molecule has 1 heterocycles. The van der Waals surface area contributed by atoms with Crippen molar-refractivity contribution in [1.82, 2.24) is 4.57 Å². The molecule has 6 heteroatoms.